The number of carbonyl (C=O) groups is 1. The van der Waals surface area contributed by atoms with Crippen LogP contribution in [-0.2, 0) is 4.74 Å². The van der Waals surface area contributed by atoms with E-state index in [0.29, 0.717) is 23.7 Å². The van der Waals surface area contributed by atoms with Gasteiger partial charge in [0.05, 0.1) is 18.4 Å². The normalized spacial score (nSPS) is 10.6. The Labute approximate surface area is 132 Å². The van der Waals surface area contributed by atoms with Crippen molar-refractivity contribution >= 4 is 29.5 Å². The fourth-order valence-electron chi connectivity index (χ4n) is 1.75. The summed E-state index contributed by atoms with van der Waals surface area (Å²) in [5.74, 6) is 0.779. The zero-order chi connectivity index (χ0) is 15.9. The Morgan fingerprint density at radius 3 is 3.00 bits per heavy atom. The maximum Gasteiger partial charge on any atom is 0.338 e. The minimum Gasteiger partial charge on any atom is -0.462 e. The monoisotopic (exact) mass is 317 g/mol. The van der Waals surface area contributed by atoms with Crippen LogP contribution >= 0.6 is 12.2 Å². The predicted octanol–water partition coefficient (Wildman–Crippen LogP) is 2.29. The van der Waals surface area contributed by atoms with Crippen molar-refractivity contribution in [3.63, 3.8) is 0 Å². The molecule has 0 aliphatic heterocycles. The van der Waals surface area contributed by atoms with E-state index in [1.54, 1.807) is 37.3 Å². The van der Waals surface area contributed by atoms with E-state index in [2.05, 4.69) is 22.7 Å². The number of benzene rings is 1. The average molecular weight is 317 g/mol. The van der Waals surface area contributed by atoms with E-state index in [1.165, 1.54) is 6.21 Å². The van der Waals surface area contributed by atoms with E-state index in [0.717, 1.165) is 5.56 Å². The van der Waals surface area contributed by atoms with Crippen molar-refractivity contribution < 1.29 is 13.9 Å². The van der Waals surface area contributed by atoms with Crippen molar-refractivity contribution in [2.45, 2.75) is 6.92 Å². The molecule has 1 aromatic heterocycles. The number of nitrogens with zero attached hydrogens (tertiary/aromatic N) is 1. The van der Waals surface area contributed by atoms with Crippen molar-refractivity contribution in [2.24, 2.45) is 10.8 Å². The topological polar surface area (TPSA) is 89.8 Å². The van der Waals surface area contributed by atoms with Gasteiger partial charge in [0, 0.05) is 5.56 Å². The third kappa shape index (κ3) is 4.16. The number of carbonyl (C=O) groups excluding carboxylic acids is 1. The van der Waals surface area contributed by atoms with Crippen LogP contribution < -0.4 is 11.2 Å². The maximum atomic E-state index is 11.7. The van der Waals surface area contributed by atoms with Crippen LogP contribution in [0.3, 0.4) is 0 Å². The van der Waals surface area contributed by atoms with E-state index < -0.39 is 0 Å². The number of thiocarbonyl (C=S) groups is 1. The molecule has 114 valence electrons. The summed E-state index contributed by atoms with van der Waals surface area (Å²) < 4.78 is 10.6. The smallest absolute Gasteiger partial charge is 0.338 e. The van der Waals surface area contributed by atoms with Gasteiger partial charge in [0.2, 0.25) is 0 Å². The summed E-state index contributed by atoms with van der Waals surface area (Å²) >= 11 is 4.63. The van der Waals surface area contributed by atoms with E-state index in [4.69, 9.17) is 14.9 Å². The number of ether oxygens (including phenoxy) is 1. The Morgan fingerprint density at radius 2 is 2.27 bits per heavy atom. The van der Waals surface area contributed by atoms with Crippen molar-refractivity contribution in [3.05, 3.63) is 47.7 Å². The Bertz CT molecular complexity index is 710. The molecule has 2 aromatic rings. The van der Waals surface area contributed by atoms with Crippen LogP contribution in [0, 0.1) is 0 Å². The largest absolute Gasteiger partial charge is 0.462 e. The second-order valence-corrected chi connectivity index (χ2v) is 4.68. The minimum atomic E-state index is -0.363. The third-order valence-electron chi connectivity index (χ3n) is 2.65. The summed E-state index contributed by atoms with van der Waals surface area (Å²) in [6.07, 6.45) is 1.46. The third-order valence-corrected chi connectivity index (χ3v) is 2.74. The molecule has 0 radical (unpaired) electrons. The molecule has 1 heterocycles. The first-order valence-electron chi connectivity index (χ1n) is 6.56. The van der Waals surface area contributed by atoms with E-state index in [1.807, 2.05) is 6.07 Å². The van der Waals surface area contributed by atoms with Crippen molar-refractivity contribution in [1.82, 2.24) is 5.43 Å². The molecule has 0 aliphatic carbocycles. The fraction of sp³-hybridized carbons (Fsp3) is 0.133. The Kier molecular flexibility index (Phi) is 5.26. The van der Waals surface area contributed by atoms with Gasteiger partial charge in [-0.15, -0.1) is 0 Å². The Balaban J connectivity index is 2.17. The summed E-state index contributed by atoms with van der Waals surface area (Å²) in [6, 6.07) is 10.6. The summed E-state index contributed by atoms with van der Waals surface area (Å²) in [4.78, 5) is 11.7. The van der Waals surface area contributed by atoms with Crippen LogP contribution in [-0.4, -0.2) is 23.9 Å². The second-order valence-electron chi connectivity index (χ2n) is 4.24. The number of furan rings is 1. The molecule has 0 saturated heterocycles. The number of hydrogen-bond acceptors (Lipinski definition) is 5. The Morgan fingerprint density at radius 1 is 1.45 bits per heavy atom. The van der Waals surface area contributed by atoms with Gasteiger partial charge in [0.25, 0.3) is 0 Å². The van der Waals surface area contributed by atoms with Crippen LogP contribution in [0.25, 0.3) is 11.3 Å². The van der Waals surface area contributed by atoms with Gasteiger partial charge in [-0.25, -0.2) is 4.79 Å². The van der Waals surface area contributed by atoms with Crippen molar-refractivity contribution in [1.29, 1.82) is 0 Å². The Hall–Kier alpha value is -2.67. The molecule has 1 aromatic carbocycles. The van der Waals surface area contributed by atoms with Crippen LogP contribution in [0.1, 0.15) is 23.0 Å². The first-order chi connectivity index (χ1) is 10.6. The van der Waals surface area contributed by atoms with Crippen LogP contribution in [0.15, 0.2) is 45.9 Å². The molecule has 2 rings (SSSR count). The summed E-state index contributed by atoms with van der Waals surface area (Å²) in [7, 11) is 0. The number of rotatable bonds is 5. The minimum absolute atomic E-state index is 0.0742. The second kappa shape index (κ2) is 7.37. The van der Waals surface area contributed by atoms with Crippen LogP contribution in [0.4, 0.5) is 0 Å². The highest BCUT2D eigenvalue weighted by Crippen LogP contribution is 2.22. The number of hydrogen-bond donors (Lipinski definition) is 2. The first-order valence-corrected chi connectivity index (χ1v) is 6.97. The van der Waals surface area contributed by atoms with Crippen molar-refractivity contribution in [2.75, 3.05) is 6.61 Å². The summed E-state index contributed by atoms with van der Waals surface area (Å²) in [5.41, 5.74) is 8.94. The molecule has 0 fully saturated rings. The molecule has 0 spiro atoms. The molecule has 7 heteroatoms. The highest BCUT2D eigenvalue weighted by molar-refractivity contribution is 7.80. The molecule has 3 N–H and O–H groups in total. The molecule has 22 heavy (non-hydrogen) atoms. The molecule has 0 bridgehead atoms. The molecule has 0 saturated carbocycles. The highest BCUT2D eigenvalue weighted by atomic mass is 32.1. The molecule has 0 aliphatic rings. The molecule has 0 unspecified atom stereocenters. The van der Waals surface area contributed by atoms with Gasteiger partial charge >= 0.3 is 5.97 Å². The van der Waals surface area contributed by atoms with Gasteiger partial charge in [-0.2, -0.15) is 5.10 Å². The van der Waals surface area contributed by atoms with E-state index in [9.17, 15) is 4.79 Å². The number of hydrazone groups is 1. The van der Waals surface area contributed by atoms with Gasteiger partial charge in [0.15, 0.2) is 5.11 Å². The number of nitrogens with two attached hydrogens (primary N) is 1. The quantitative estimate of drug-likeness (QED) is 0.380. The fourth-order valence-corrected chi connectivity index (χ4v) is 1.80. The first kappa shape index (κ1) is 15.7. The lowest BCUT2D eigenvalue weighted by Crippen LogP contribution is -2.23. The van der Waals surface area contributed by atoms with Gasteiger partial charge < -0.3 is 14.9 Å². The van der Waals surface area contributed by atoms with Gasteiger partial charge in [-0.3, -0.25) is 5.43 Å². The zero-order valence-electron chi connectivity index (χ0n) is 11.9. The van der Waals surface area contributed by atoms with E-state index >= 15 is 0 Å². The van der Waals surface area contributed by atoms with Gasteiger partial charge in [-0.05, 0) is 43.4 Å². The summed E-state index contributed by atoms with van der Waals surface area (Å²) in [5, 5.41) is 3.88. The molecule has 6 nitrogen and oxygen atoms in total. The van der Waals surface area contributed by atoms with Crippen LogP contribution in [0.2, 0.25) is 0 Å². The maximum absolute atomic E-state index is 11.7. The zero-order valence-corrected chi connectivity index (χ0v) is 12.7. The van der Waals surface area contributed by atoms with Gasteiger partial charge in [-0.1, -0.05) is 12.1 Å². The molecular formula is C15H15N3O3S. The summed E-state index contributed by atoms with van der Waals surface area (Å²) in [6.45, 7) is 2.10. The van der Waals surface area contributed by atoms with Crippen molar-refractivity contribution in [3.8, 4) is 11.3 Å². The van der Waals surface area contributed by atoms with Gasteiger partial charge in [0.1, 0.15) is 11.5 Å². The standard InChI is InChI=1S/C15H15N3O3S/c1-2-20-14(19)11-5-3-4-10(8-11)13-7-6-12(21-13)9-17-18-15(16)22/h3-9H,2H2,1H3,(H3,16,18,22)/b17-9-. The lowest BCUT2D eigenvalue weighted by Gasteiger charge is -2.03. The lowest BCUT2D eigenvalue weighted by molar-refractivity contribution is 0.0526. The predicted molar refractivity (Wildman–Crippen MR) is 87.6 cm³/mol. The average Bonchev–Trinajstić information content (AvgIpc) is 2.96. The molecular weight excluding hydrogens is 302 g/mol. The SMILES string of the molecule is CCOC(=O)c1cccc(-c2ccc(/C=N\NC(N)=S)o2)c1. The van der Waals surface area contributed by atoms with Crippen LogP contribution in [0.5, 0.6) is 0 Å². The number of esters is 1. The highest BCUT2D eigenvalue weighted by Gasteiger charge is 2.09. The van der Waals surface area contributed by atoms with E-state index in [-0.39, 0.29) is 11.1 Å². The molecule has 0 atom stereocenters. The molecule has 0 amide bonds. The number of nitrogens with one attached hydrogen (secondary N) is 1. The lowest BCUT2D eigenvalue weighted by atomic mass is 10.1.